The van der Waals surface area contributed by atoms with Gasteiger partial charge in [0, 0.05) is 12.1 Å². The van der Waals surface area contributed by atoms with Crippen LogP contribution >= 0.6 is 0 Å². The van der Waals surface area contributed by atoms with Crippen molar-refractivity contribution >= 4 is 48.5 Å². The van der Waals surface area contributed by atoms with Gasteiger partial charge in [0.2, 0.25) is 0 Å². The maximum atomic E-state index is 12.4. The van der Waals surface area contributed by atoms with Crippen molar-refractivity contribution in [3.05, 3.63) is 92.0 Å². The molecule has 0 aromatic heterocycles. The van der Waals surface area contributed by atoms with Gasteiger partial charge in [0.1, 0.15) is 11.5 Å². The molecular formula is C20H14B2N2O12. The fourth-order valence-electron chi connectivity index (χ4n) is 2.91. The third-order valence-electron chi connectivity index (χ3n) is 4.62. The maximum absolute atomic E-state index is 12.4. The van der Waals surface area contributed by atoms with Gasteiger partial charge in [0.15, 0.2) is 0 Å². The summed E-state index contributed by atoms with van der Waals surface area (Å²) in [5, 5.41) is 59.1. The summed E-state index contributed by atoms with van der Waals surface area (Å²) in [6, 6.07) is 10.4. The molecule has 0 atom stereocenters. The molecule has 0 unspecified atom stereocenters. The molecule has 0 amide bonds. The average Bonchev–Trinajstić information content (AvgIpc) is 2.83. The molecule has 4 N–H and O–H groups in total. The Morgan fingerprint density at radius 3 is 1.25 bits per heavy atom. The molecule has 3 aromatic carbocycles. The molecule has 0 fully saturated rings. The number of hydrogen-bond donors (Lipinski definition) is 4. The van der Waals surface area contributed by atoms with E-state index in [-0.39, 0.29) is 33.6 Å². The number of carbonyl (C=O) groups is 2. The molecule has 0 saturated heterocycles. The van der Waals surface area contributed by atoms with E-state index in [4.69, 9.17) is 9.47 Å². The Balaban J connectivity index is 1.76. The fraction of sp³-hybridized carbons (Fsp3) is 0. The van der Waals surface area contributed by atoms with Gasteiger partial charge in [0.25, 0.3) is 11.4 Å². The number of nitro benzene ring substituents is 2. The first-order valence-corrected chi connectivity index (χ1v) is 9.80. The minimum absolute atomic E-state index is 0.0785. The topological polar surface area (TPSA) is 220 Å². The van der Waals surface area contributed by atoms with Gasteiger partial charge in [-0.15, -0.1) is 0 Å². The van der Waals surface area contributed by atoms with Crippen molar-refractivity contribution in [2.24, 2.45) is 0 Å². The molecule has 0 heterocycles. The first-order valence-electron chi connectivity index (χ1n) is 9.80. The molecule has 182 valence electrons. The van der Waals surface area contributed by atoms with E-state index in [9.17, 15) is 49.9 Å². The van der Waals surface area contributed by atoms with Crippen molar-refractivity contribution < 1.29 is 49.0 Å². The zero-order valence-corrected chi connectivity index (χ0v) is 17.9. The highest BCUT2D eigenvalue weighted by molar-refractivity contribution is 6.59. The normalized spacial score (nSPS) is 10.3. The van der Waals surface area contributed by atoms with Crippen LogP contribution in [0.25, 0.3) is 0 Å². The van der Waals surface area contributed by atoms with E-state index >= 15 is 0 Å². The lowest BCUT2D eigenvalue weighted by Crippen LogP contribution is -2.30. The Kier molecular flexibility index (Phi) is 7.76. The van der Waals surface area contributed by atoms with Crippen LogP contribution in [0.5, 0.6) is 11.5 Å². The highest BCUT2D eigenvalue weighted by atomic mass is 16.6. The second-order valence-electron chi connectivity index (χ2n) is 7.14. The van der Waals surface area contributed by atoms with Gasteiger partial charge in [-0.05, 0) is 47.3 Å². The largest absolute Gasteiger partial charge is 0.488 e. The zero-order valence-electron chi connectivity index (χ0n) is 17.9. The molecule has 14 nitrogen and oxygen atoms in total. The number of hydrogen-bond acceptors (Lipinski definition) is 12. The summed E-state index contributed by atoms with van der Waals surface area (Å²) < 4.78 is 10.1. The Morgan fingerprint density at radius 2 is 0.972 bits per heavy atom. The number of nitro groups is 2. The molecule has 0 saturated carbocycles. The first kappa shape index (κ1) is 26.0. The molecule has 0 radical (unpaired) electrons. The van der Waals surface area contributed by atoms with E-state index < -0.39 is 47.4 Å². The van der Waals surface area contributed by atoms with Gasteiger partial charge < -0.3 is 29.6 Å². The van der Waals surface area contributed by atoms with E-state index in [2.05, 4.69) is 0 Å². The molecule has 0 aliphatic carbocycles. The van der Waals surface area contributed by atoms with Crippen LogP contribution in [0.2, 0.25) is 0 Å². The number of nitrogens with zero attached hydrogens (tertiary/aromatic N) is 2. The van der Waals surface area contributed by atoms with E-state index in [0.29, 0.717) is 0 Å². The standard InChI is InChI=1S/C20H14B2N2O12/c25-19(35-17-7-13(21(27)28)5-15(9-17)23(31)32)11-1-2-12(4-3-11)20(26)36-18-8-14(22(29)30)6-16(10-18)24(33)34/h1-10,27-30H. The monoisotopic (exact) mass is 496 g/mol. The lowest BCUT2D eigenvalue weighted by Gasteiger charge is -2.08. The summed E-state index contributed by atoms with van der Waals surface area (Å²) in [5.41, 5.74) is -1.79. The quantitative estimate of drug-likeness (QED) is 0.100. The lowest BCUT2D eigenvalue weighted by molar-refractivity contribution is -0.385. The van der Waals surface area contributed by atoms with E-state index in [1.165, 1.54) is 24.3 Å². The second kappa shape index (κ2) is 10.7. The summed E-state index contributed by atoms with van der Waals surface area (Å²) in [4.78, 5) is 45.2. The minimum Gasteiger partial charge on any atom is -0.423 e. The Bertz CT molecular complexity index is 1240. The van der Waals surface area contributed by atoms with Crippen LogP contribution in [0.1, 0.15) is 20.7 Å². The van der Waals surface area contributed by atoms with Crippen molar-refractivity contribution in [2.75, 3.05) is 0 Å². The summed E-state index contributed by atoms with van der Waals surface area (Å²) in [6.45, 7) is 0. The summed E-state index contributed by atoms with van der Waals surface area (Å²) in [5.74, 6) is -2.61. The molecule has 36 heavy (non-hydrogen) atoms. The highest BCUT2D eigenvalue weighted by Crippen LogP contribution is 2.21. The first-order chi connectivity index (χ1) is 16.9. The van der Waals surface area contributed by atoms with Crippen LogP contribution in [-0.4, -0.2) is 56.1 Å². The SMILES string of the molecule is O=C(Oc1cc(B(O)O)cc([N+](=O)[O-])c1)c1ccc(C(=O)Oc2cc(B(O)O)cc([N+](=O)[O-])c2)cc1. The van der Waals surface area contributed by atoms with Crippen molar-refractivity contribution in [1.29, 1.82) is 0 Å². The van der Waals surface area contributed by atoms with Crippen LogP contribution < -0.4 is 20.4 Å². The molecule has 0 bridgehead atoms. The van der Waals surface area contributed by atoms with Gasteiger partial charge in [-0.25, -0.2) is 9.59 Å². The zero-order chi connectivity index (χ0) is 26.6. The van der Waals surface area contributed by atoms with Gasteiger partial charge in [-0.3, -0.25) is 20.2 Å². The summed E-state index contributed by atoms with van der Waals surface area (Å²) in [6.07, 6.45) is 0. The third kappa shape index (κ3) is 6.28. The molecule has 0 spiro atoms. The van der Waals surface area contributed by atoms with Crippen molar-refractivity contribution in [3.8, 4) is 11.5 Å². The van der Waals surface area contributed by atoms with Crippen LogP contribution in [0.3, 0.4) is 0 Å². The summed E-state index contributed by atoms with van der Waals surface area (Å²) in [7, 11) is -4.09. The number of ether oxygens (including phenoxy) is 2. The lowest BCUT2D eigenvalue weighted by atomic mass is 9.80. The molecule has 3 rings (SSSR count). The van der Waals surface area contributed by atoms with Gasteiger partial charge >= 0.3 is 26.2 Å². The predicted molar refractivity (Wildman–Crippen MR) is 122 cm³/mol. The molecule has 0 aliphatic heterocycles. The van der Waals surface area contributed by atoms with Crippen LogP contribution in [0.15, 0.2) is 60.7 Å². The molecule has 3 aromatic rings. The number of benzene rings is 3. The van der Waals surface area contributed by atoms with E-state index in [1.807, 2.05) is 0 Å². The van der Waals surface area contributed by atoms with Crippen molar-refractivity contribution in [1.82, 2.24) is 0 Å². The molecule has 0 aliphatic rings. The van der Waals surface area contributed by atoms with Gasteiger partial charge in [0.05, 0.1) is 33.1 Å². The predicted octanol–water partition coefficient (Wildman–Crippen LogP) is -0.699. The second-order valence-corrected chi connectivity index (χ2v) is 7.14. The Hall–Kier alpha value is -4.63. The number of esters is 2. The van der Waals surface area contributed by atoms with Crippen LogP contribution in [-0.2, 0) is 0 Å². The maximum Gasteiger partial charge on any atom is 0.488 e. The van der Waals surface area contributed by atoms with Crippen molar-refractivity contribution in [3.63, 3.8) is 0 Å². The summed E-state index contributed by atoms with van der Waals surface area (Å²) >= 11 is 0. The van der Waals surface area contributed by atoms with Crippen LogP contribution in [0, 0.1) is 20.2 Å². The third-order valence-corrected chi connectivity index (χ3v) is 4.62. The van der Waals surface area contributed by atoms with E-state index in [1.54, 1.807) is 0 Å². The van der Waals surface area contributed by atoms with Gasteiger partial charge in [-0.1, -0.05) is 0 Å². The smallest absolute Gasteiger partial charge is 0.423 e. The van der Waals surface area contributed by atoms with Crippen LogP contribution in [0.4, 0.5) is 11.4 Å². The number of non-ortho nitro benzene ring substituents is 2. The molecular weight excluding hydrogens is 482 g/mol. The number of rotatable bonds is 8. The minimum atomic E-state index is -2.05. The Morgan fingerprint density at radius 1 is 0.639 bits per heavy atom. The molecule has 16 heteroatoms. The average molecular weight is 496 g/mol. The highest BCUT2D eigenvalue weighted by Gasteiger charge is 2.22. The van der Waals surface area contributed by atoms with E-state index in [0.717, 1.165) is 36.4 Å². The van der Waals surface area contributed by atoms with Gasteiger partial charge in [-0.2, -0.15) is 0 Å². The number of carbonyl (C=O) groups excluding carboxylic acids is 2. The van der Waals surface area contributed by atoms with Crippen molar-refractivity contribution in [2.45, 2.75) is 0 Å². The fourth-order valence-corrected chi connectivity index (χ4v) is 2.91. The Labute approximate surface area is 201 Å².